The molecule has 6 rings (SSSR count). The van der Waals surface area contributed by atoms with Gasteiger partial charge in [0, 0.05) is 11.3 Å². The van der Waals surface area contributed by atoms with Gasteiger partial charge in [-0.05, 0) is 85.9 Å². The van der Waals surface area contributed by atoms with Crippen molar-refractivity contribution in [3.05, 3.63) is 11.6 Å². The molecule has 0 aromatic rings. The molecule has 0 radical (unpaired) electrons. The van der Waals surface area contributed by atoms with E-state index in [0.29, 0.717) is 44.9 Å². The van der Waals surface area contributed by atoms with Crippen molar-refractivity contribution in [1.29, 1.82) is 0 Å². The van der Waals surface area contributed by atoms with Crippen molar-refractivity contribution in [1.82, 2.24) is 0 Å². The van der Waals surface area contributed by atoms with Gasteiger partial charge in [0.2, 0.25) is 6.29 Å². The number of rotatable bonds is 3. The molecule has 1 heterocycles. The first kappa shape index (κ1) is 35.7. The summed E-state index contributed by atoms with van der Waals surface area (Å²) in [5.41, 5.74) is -3.91. The molecule has 0 aromatic carbocycles. The molecular weight excluding hydrogens is 608 g/mol. The summed E-state index contributed by atoms with van der Waals surface area (Å²) in [6, 6.07) is 0. The van der Waals surface area contributed by atoms with Crippen molar-refractivity contribution >= 4 is 5.97 Å². The van der Waals surface area contributed by atoms with Crippen LogP contribution in [0.15, 0.2) is 11.6 Å². The van der Waals surface area contributed by atoms with Crippen LogP contribution >= 0.6 is 0 Å². The van der Waals surface area contributed by atoms with E-state index in [-0.39, 0.29) is 23.2 Å². The number of aliphatic hydroxyl groups excluding tert-OH is 7. The van der Waals surface area contributed by atoms with E-state index in [1.807, 2.05) is 20.8 Å². The van der Waals surface area contributed by atoms with Crippen molar-refractivity contribution in [3.63, 3.8) is 0 Å². The standard InChI is InChI=1S/C36H58O11/c1-17-10-11-36(30(44)47-29-26(42)25(41)24(40)20(16-37)46-29)13-12-33(5)18(27(36)35(17,7)45)8-9-21-32(4)15-19(38)28(43)31(2,3)22(32)14-23(39)34(21,33)6/h8,17,19-29,37-43,45H,9-16H2,1-7H3/t17-,19?,20-,21-,22+,23?,24-,25+,26-,27-,28?,29+,32-,33-,34+,35-,36+/m1/s1. The Hall–Kier alpha value is -1.15. The maximum absolute atomic E-state index is 14.5. The molecule has 0 bridgehead atoms. The van der Waals surface area contributed by atoms with E-state index in [0.717, 1.165) is 5.57 Å². The molecule has 11 nitrogen and oxygen atoms in total. The monoisotopic (exact) mass is 666 g/mol. The number of aliphatic hydroxyl groups is 8. The molecule has 47 heavy (non-hydrogen) atoms. The summed E-state index contributed by atoms with van der Waals surface area (Å²) >= 11 is 0. The molecule has 1 aliphatic heterocycles. The maximum Gasteiger partial charge on any atom is 0.315 e. The molecule has 0 amide bonds. The van der Waals surface area contributed by atoms with Gasteiger partial charge in [0.05, 0.1) is 35.9 Å². The van der Waals surface area contributed by atoms with Crippen molar-refractivity contribution in [3.8, 4) is 0 Å². The van der Waals surface area contributed by atoms with Gasteiger partial charge in [0.1, 0.15) is 24.4 Å². The van der Waals surface area contributed by atoms with Gasteiger partial charge >= 0.3 is 5.97 Å². The van der Waals surface area contributed by atoms with Crippen molar-refractivity contribution < 1.29 is 55.1 Å². The van der Waals surface area contributed by atoms with Crippen LogP contribution < -0.4 is 0 Å². The third-order valence-electron chi connectivity index (χ3n) is 15.6. The second-order valence-electron chi connectivity index (χ2n) is 17.8. The van der Waals surface area contributed by atoms with E-state index < -0.39 is 94.8 Å². The Morgan fingerprint density at radius 3 is 2.23 bits per heavy atom. The van der Waals surface area contributed by atoms with Gasteiger partial charge < -0.3 is 50.3 Å². The first-order chi connectivity index (χ1) is 21.7. The molecule has 4 saturated carbocycles. The lowest BCUT2D eigenvalue weighted by Crippen LogP contribution is -2.72. The number of allylic oxidation sites excluding steroid dienone is 1. The van der Waals surface area contributed by atoms with Gasteiger partial charge in [-0.25, -0.2) is 0 Å². The highest BCUT2D eigenvalue weighted by atomic mass is 16.7. The molecule has 0 spiro atoms. The van der Waals surface area contributed by atoms with Gasteiger partial charge in [0.25, 0.3) is 0 Å². The number of carbonyl (C=O) groups is 1. The van der Waals surface area contributed by atoms with Gasteiger partial charge in [-0.2, -0.15) is 0 Å². The zero-order valence-corrected chi connectivity index (χ0v) is 29.0. The predicted octanol–water partition coefficient (Wildman–Crippen LogP) is 1.40. The SMILES string of the molecule is C[C@@H]1CC[C@]2(C(=O)O[C@@H]3O[C@H](CO)[C@@H](O)[C@H](O)[C@H]3O)CC[C@]3(C)C(=CC[C@@H]4[C@@]5(C)CC(O)C(O)C(C)(C)[C@@H]5CC(O)[C@]43C)[C@@H]2[C@]1(C)O. The van der Waals surface area contributed by atoms with Crippen LogP contribution in [0.5, 0.6) is 0 Å². The van der Waals surface area contributed by atoms with E-state index in [2.05, 4.69) is 26.8 Å². The van der Waals surface area contributed by atoms with E-state index >= 15 is 0 Å². The van der Waals surface area contributed by atoms with Crippen molar-refractivity contribution in [2.75, 3.05) is 6.61 Å². The fourth-order valence-corrected chi connectivity index (χ4v) is 12.3. The highest BCUT2D eigenvalue weighted by Gasteiger charge is 2.74. The summed E-state index contributed by atoms with van der Waals surface area (Å²) in [5, 5.41) is 87.9. The van der Waals surface area contributed by atoms with Gasteiger partial charge in [0.15, 0.2) is 0 Å². The fourth-order valence-electron chi connectivity index (χ4n) is 12.3. The lowest BCUT2D eigenvalue weighted by molar-refractivity contribution is -0.300. The Morgan fingerprint density at radius 2 is 1.60 bits per heavy atom. The van der Waals surface area contributed by atoms with Crippen LogP contribution in [-0.2, 0) is 14.3 Å². The third-order valence-corrected chi connectivity index (χ3v) is 15.6. The largest absolute Gasteiger partial charge is 0.432 e. The Morgan fingerprint density at radius 1 is 0.936 bits per heavy atom. The van der Waals surface area contributed by atoms with E-state index in [4.69, 9.17) is 9.47 Å². The second kappa shape index (κ2) is 11.2. The smallest absolute Gasteiger partial charge is 0.315 e. The Kier molecular flexibility index (Phi) is 8.48. The van der Waals surface area contributed by atoms with Gasteiger partial charge in [-0.15, -0.1) is 0 Å². The number of ether oxygens (including phenoxy) is 2. The van der Waals surface area contributed by atoms with Crippen LogP contribution in [-0.4, -0.2) is 108 Å². The zero-order valence-electron chi connectivity index (χ0n) is 29.0. The van der Waals surface area contributed by atoms with Crippen LogP contribution in [0.1, 0.15) is 93.4 Å². The summed E-state index contributed by atoms with van der Waals surface area (Å²) in [4.78, 5) is 14.5. The maximum atomic E-state index is 14.5. The average Bonchev–Trinajstić information content (AvgIpc) is 3.00. The van der Waals surface area contributed by atoms with Gasteiger partial charge in [-0.1, -0.05) is 53.2 Å². The summed E-state index contributed by atoms with van der Waals surface area (Å²) in [6.07, 6.45) is -4.96. The Bertz CT molecular complexity index is 1280. The Balaban J connectivity index is 1.42. The second-order valence-corrected chi connectivity index (χ2v) is 17.8. The molecule has 6 aliphatic rings. The van der Waals surface area contributed by atoms with Crippen LogP contribution in [0.3, 0.4) is 0 Å². The topological polar surface area (TPSA) is 197 Å². The van der Waals surface area contributed by atoms with E-state index in [9.17, 15) is 45.6 Å². The number of fused-ring (bicyclic) bond motifs is 7. The molecule has 1 saturated heterocycles. The van der Waals surface area contributed by atoms with Crippen LogP contribution in [0.2, 0.25) is 0 Å². The van der Waals surface area contributed by atoms with E-state index in [1.165, 1.54) is 0 Å². The van der Waals surface area contributed by atoms with Crippen molar-refractivity contribution in [2.45, 2.75) is 148 Å². The summed E-state index contributed by atoms with van der Waals surface area (Å²) < 4.78 is 11.4. The molecule has 8 N–H and O–H groups in total. The summed E-state index contributed by atoms with van der Waals surface area (Å²) in [6.45, 7) is 13.6. The van der Waals surface area contributed by atoms with Crippen molar-refractivity contribution in [2.24, 2.45) is 50.7 Å². The summed E-state index contributed by atoms with van der Waals surface area (Å²) in [7, 11) is 0. The zero-order chi connectivity index (χ0) is 34.9. The van der Waals surface area contributed by atoms with E-state index in [1.54, 1.807) is 6.92 Å². The molecule has 11 heteroatoms. The average molecular weight is 667 g/mol. The minimum absolute atomic E-state index is 0.0333. The quantitative estimate of drug-likeness (QED) is 0.160. The lowest BCUT2D eigenvalue weighted by Gasteiger charge is -2.73. The highest BCUT2D eigenvalue weighted by Crippen LogP contribution is 2.76. The number of esters is 1. The fraction of sp³-hybridized carbons (Fsp3) is 0.917. The third kappa shape index (κ3) is 4.53. The molecule has 268 valence electrons. The first-order valence-corrected chi connectivity index (χ1v) is 17.6. The number of hydrogen-bond acceptors (Lipinski definition) is 11. The van der Waals surface area contributed by atoms with Crippen LogP contribution in [0.4, 0.5) is 0 Å². The first-order valence-electron chi connectivity index (χ1n) is 17.6. The Labute approximate surface area is 278 Å². The number of carbonyl (C=O) groups excluding carboxylic acids is 1. The van der Waals surface area contributed by atoms with Gasteiger partial charge in [-0.3, -0.25) is 4.79 Å². The minimum Gasteiger partial charge on any atom is -0.432 e. The molecule has 17 atom stereocenters. The molecule has 5 aliphatic carbocycles. The minimum atomic E-state index is -1.74. The highest BCUT2D eigenvalue weighted by molar-refractivity contribution is 5.79. The van der Waals surface area contributed by atoms with Crippen LogP contribution in [0.25, 0.3) is 0 Å². The predicted molar refractivity (Wildman–Crippen MR) is 169 cm³/mol. The number of hydrogen-bond donors (Lipinski definition) is 8. The summed E-state index contributed by atoms with van der Waals surface area (Å²) in [5.74, 6) is -1.59. The molecule has 5 fully saturated rings. The van der Waals surface area contributed by atoms with Crippen LogP contribution in [0, 0.1) is 50.7 Å². The normalized spacial score (nSPS) is 57.0. The molecule has 0 aromatic heterocycles. The lowest BCUT2D eigenvalue weighted by atomic mass is 9.32. The molecule has 3 unspecified atom stereocenters. The molecular formula is C36H58O11.